The average molecular weight is 267 g/mol. The summed E-state index contributed by atoms with van der Waals surface area (Å²) in [7, 11) is 0. The van der Waals surface area contributed by atoms with Gasteiger partial charge in [0.15, 0.2) is 0 Å². The van der Waals surface area contributed by atoms with Crippen LogP contribution >= 0.6 is 0 Å². The van der Waals surface area contributed by atoms with Gasteiger partial charge in [0.25, 0.3) is 0 Å². The molecule has 2 rings (SSSR count). The van der Waals surface area contributed by atoms with Gasteiger partial charge in [-0.15, -0.1) is 0 Å². The molecule has 0 aliphatic carbocycles. The highest BCUT2D eigenvalue weighted by Gasteiger charge is 2.28. The monoisotopic (exact) mass is 267 g/mol. The van der Waals surface area contributed by atoms with E-state index in [4.69, 9.17) is 5.11 Å². The summed E-state index contributed by atoms with van der Waals surface area (Å²) >= 11 is 0. The number of rotatable bonds is 3. The van der Waals surface area contributed by atoms with Gasteiger partial charge in [-0.1, -0.05) is 17.3 Å². The number of halogens is 2. The van der Waals surface area contributed by atoms with Gasteiger partial charge in [0, 0.05) is 17.2 Å². The summed E-state index contributed by atoms with van der Waals surface area (Å²) in [6.07, 6.45) is 0. The summed E-state index contributed by atoms with van der Waals surface area (Å²) in [5, 5.41) is 12.3. The summed E-state index contributed by atoms with van der Waals surface area (Å²) in [4.78, 5) is 10.7. The number of hydrogen-bond acceptors (Lipinski definition) is 3. The molecule has 0 fully saturated rings. The first-order valence-electron chi connectivity index (χ1n) is 5.49. The number of carbonyl (C=O) groups is 1. The fraction of sp³-hybridized carbons (Fsp3) is 0.231. The number of alkyl halides is 1. The molecular formula is C13H11F2NO3. The lowest BCUT2D eigenvalue weighted by Crippen LogP contribution is -2.13. The number of nitrogens with zero attached hydrogens (tertiary/aromatic N) is 1. The summed E-state index contributed by atoms with van der Waals surface area (Å²) in [6.45, 7) is 2.43. The van der Waals surface area contributed by atoms with Gasteiger partial charge >= 0.3 is 5.97 Å². The van der Waals surface area contributed by atoms with Gasteiger partial charge in [-0.2, -0.15) is 0 Å². The topological polar surface area (TPSA) is 63.3 Å². The fourth-order valence-electron chi connectivity index (χ4n) is 1.84. The standard InChI is InChI=1S/C13H11F2NO3/c1-13(2,15)11-7(4-3-5-8(11)14)9-6-10(12(17)18)19-16-9/h3-6H,1-2H3,(H,17,18). The largest absolute Gasteiger partial charge is 0.475 e. The molecule has 19 heavy (non-hydrogen) atoms. The van der Waals surface area contributed by atoms with Crippen molar-refractivity contribution in [1.82, 2.24) is 5.16 Å². The molecule has 0 saturated carbocycles. The van der Waals surface area contributed by atoms with Crippen molar-refractivity contribution in [3.8, 4) is 11.3 Å². The molecule has 1 aromatic heterocycles. The number of aromatic carboxylic acids is 1. The zero-order chi connectivity index (χ0) is 14.2. The van der Waals surface area contributed by atoms with Crippen molar-refractivity contribution in [3.63, 3.8) is 0 Å². The van der Waals surface area contributed by atoms with E-state index in [0.717, 1.165) is 12.1 Å². The van der Waals surface area contributed by atoms with Crippen LogP contribution in [0, 0.1) is 5.82 Å². The predicted molar refractivity (Wildman–Crippen MR) is 63.0 cm³/mol. The smallest absolute Gasteiger partial charge is 0.374 e. The zero-order valence-electron chi connectivity index (χ0n) is 10.3. The molecule has 0 aliphatic rings. The molecule has 0 saturated heterocycles. The molecule has 2 aromatic rings. The van der Waals surface area contributed by atoms with Gasteiger partial charge in [-0.3, -0.25) is 0 Å². The molecule has 0 radical (unpaired) electrons. The van der Waals surface area contributed by atoms with Crippen LogP contribution in [0.2, 0.25) is 0 Å². The molecule has 1 heterocycles. The molecule has 0 amide bonds. The number of hydrogen-bond donors (Lipinski definition) is 1. The Bertz CT molecular complexity index is 629. The molecule has 0 spiro atoms. The summed E-state index contributed by atoms with van der Waals surface area (Å²) < 4.78 is 32.5. The molecule has 0 unspecified atom stereocenters. The number of benzene rings is 1. The van der Waals surface area contributed by atoms with Crippen LogP contribution in [0.4, 0.5) is 8.78 Å². The minimum Gasteiger partial charge on any atom is -0.475 e. The molecule has 4 nitrogen and oxygen atoms in total. The van der Waals surface area contributed by atoms with E-state index in [0.29, 0.717) is 0 Å². The number of carboxylic acids is 1. The Morgan fingerprint density at radius 1 is 1.42 bits per heavy atom. The maximum Gasteiger partial charge on any atom is 0.374 e. The quantitative estimate of drug-likeness (QED) is 0.925. The minimum atomic E-state index is -1.93. The first-order chi connectivity index (χ1) is 8.80. The summed E-state index contributed by atoms with van der Waals surface area (Å²) in [5.41, 5.74) is -1.86. The van der Waals surface area contributed by atoms with Crippen LogP contribution in [0.1, 0.15) is 30.0 Å². The van der Waals surface area contributed by atoms with Gasteiger partial charge in [-0.25, -0.2) is 13.6 Å². The first kappa shape index (κ1) is 13.2. The van der Waals surface area contributed by atoms with Crippen molar-refractivity contribution in [2.75, 3.05) is 0 Å². The Morgan fingerprint density at radius 3 is 2.63 bits per heavy atom. The third-order valence-corrected chi connectivity index (χ3v) is 2.60. The van der Waals surface area contributed by atoms with Crippen molar-refractivity contribution in [2.45, 2.75) is 19.5 Å². The van der Waals surface area contributed by atoms with Crippen LogP contribution in [0.15, 0.2) is 28.8 Å². The van der Waals surface area contributed by atoms with Gasteiger partial charge < -0.3 is 9.63 Å². The summed E-state index contributed by atoms with van der Waals surface area (Å²) in [6, 6.07) is 5.13. The Morgan fingerprint density at radius 2 is 2.11 bits per heavy atom. The van der Waals surface area contributed by atoms with Crippen molar-refractivity contribution < 1.29 is 23.2 Å². The highest BCUT2D eigenvalue weighted by atomic mass is 19.1. The SMILES string of the molecule is CC(C)(F)c1c(F)cccc1-c1cc(C(=O)O)on1. The van der Waals surface area contributed by atoms with Crippen LogP contribution in [-0.2, 0) is 5.67 Å². The van der Waals surface area contributed by atoms with Gasteiger partial charge in [0.1, 0.15) is 17.2 Å². The van der Waals surface area contributed by atoms with Gasteiger partial charge in [0.2, 0.25) is 5.76 Å². The second-order valence-corrected chi connectivity index (χ2v) is 4.52. The summed E-state index contributed by atoms with van der Waals surface area (Å²) in [5.74, 6) is -2.40. The third kappa shape index (κ3) is 2.47. The molecule has 0 atom stereocenters. The minimum absolute atomic E-state index is 0.0811. The van der Waals surface area contributed by atoms with Crippen molar-refractivity contribution in [3.05, 3.63) is 41.4 Å². The van der Waals surface area contributed by atoms with Gasteiger partial charge in [-0.05, 0) is 19.9 Å². The molecular weight excluding hydrogens is 256 g/mol. The van der Waals surface area contributed by atoms with Crippen LogP contribution in [-0.4, -0.2) is 16.2 Å². The Balaban J connectivity index is 2.62. The van der Waals surface area contributed by atoms with E-state index in [1.807, 2.05) is 0 Å². The molecule has 1 N–H and O–H groups in total. The van der Waals surface area contributed by atoms with E-state index in [-0.39, 0.29) is 22.6 Å². The van der Waals surface area contributed by atoms with E-state index in [9.17, 15) is 13.6 Å². The first-order valence-corrected chi connectivity index (χ1v) is 5.49. The Hall–Kier alpha value is -2.24. The van der Waals surface area contributed by atoms with Crippen molar-refractivity contribution in [2.24, 2.45) is 0 Å². The molecule has 0 aliphatic heterocycles. The lowest BCUT2D eigenvalue weighted by atomic mass is 9.92. The number of aromatic nitrogens is 1. The van der Waals surface area contributed by atoms with E-state index < -0.39 is 17.5 Å². The molecule has 100 valence electrons. The van der Waals surface area contributed by atoms with E-state index in [1.165, 1.54) is 26.0 Å². The Kier molecular flexibility index (Phi) is 3.09. The Labute approximate surface area is 107 Å². The maximum absolute atomic E-state index is 14.1. The fourth-order valence-corrected chi connectivity index (χ4v) is 1.84. The van der Waals surface area contributed by atoms with Crippen LogP contribution < -0.4 is 0 Å². The average Bonchev–Trinajstić information content (AvgIpc) is 2.75. The number of carboxylic acid groups (broad SMARTS) is 1. The normalized spacial score (nSPS) is 11.6. The van der Waals surface area contributed by atoms with Crippen LogP contribution in [0.3, 0.4) is 0 Å². The molecule has 0 bridgehead atoms. The molecule has 1 aromatic carbocycles. The van der Waals surface area contributed by atoms with Gasteiger partial charge in [0.05, 0.1) is 0 Å². The van der Waals surface area contributed by atoms with Crippen molar-refractivity contribution >= 4 is 5.97 Å². The lowest BCUT2D eigenvalue weighted by Gasteiger charge is -2.18. The van der Waals surface area contributed by atoms with E-state index >= 15 is 0 Å². The zero-order valence-corrected chi connectivity index (χ0v) is 10.3. The van der Waals surface area contributed by atoms with E-state index in [1.54, 1.807) is 0 Å². The predicted octanol–water partition coefficient (Wildman–Crippen LogP) is 3.38. The molecule has 6 heteroatoms. The maximum atomic E-state index is 14.1. The highest BCUT2D eigenvalue weighted by Crippen LogP contribution is 2.35. The third-order valence-electron chi connectivity index (χ3n) is 2.60. The highest BCUT2D eigenvalue weighted by molar-refractivity contribution is 5.86. The van der Waals surface area contributed by atoms with Crippen LogP contribution in [0.25, 0.3) is 11.3 Å². The van der Waals surface area contributed by atoms with Crippen LogP contribution in [0.5, 0.6) is 0 Å². The lowest BCUT2D eigenvalue weighted by molar-refractivity contribution is 0.0652. The second-order valence-electron chi connectivity index (χ2n) is 4.52. The van der Waals surface area contributed by atoms with Crippen molar-refractivity contribution in [1.29, 1.82) is 0 Å². The second kappa shape index (κ2) is 4.46. The van der Waals surface area contributed by atoms with E-state index in [2.05, 4.69) is 9.68 Å².